The first kappa shape index (κ1) is 45.9. The third kappa shape index (κ3) is 19.5. The van der Waals surface area contributed by atoms with Crippen LogP contribution >= 0.6 is 0 Å². The van der Waals surface area contributed by atoms with Crippen LogP contribution in [-0.4, -0.2) is 110 Å². The maximum atomic E-state index is 5.25. The van der Waals surface area contributed by atoms with Crippen molar-refractivity contribution in [2.45, 2.75) is 154 Å². The van der Waals surface area contributed by atoms with E-state index in [-0.39, 0.29) is 14.9 Å². The zero-order valence-corrected chi connectivity index (χ0v) is 31.4. The molecule has 1 aliphatic carbocycles. The van der Waals surface area contributed by atoms with Crippen LogP contribution in [0.3, 0.4) is 0 Å². The van der Waals surface area contributed by atoms with Gasteiger partial charge in [-0.1, -0.05) is 75.7 Å². The van der Waals surface area contributed by atoms with Crippen LogP contribution in [0.1, 0.15) is 143 Å². The van der Waals surface area contributed by atoms with Crippen molar-refractivity contribution in [2.24, 2.45) is 22.7 Å². The lowest BCUT2D eigenvalue weighted by atomic mass is 9.72. The second kappa shape index (κ2) is 20.9. The number of piperidine rings is 1. The lowest BCUT2D eigenvalue weighted by Gasteiger charge is -2.41. The second-order valence-corrected chi connectivity index (χ2v) is 17.9. The van der Waals surface area contributed by atoms with E-state index in [1.165, 1.54) is 84.2 Å². The topological polar surface area (TPSA) is 22.2 Å². The quantitative estimate of drug-likeness (QED) is 0.266. The van der Waals surface area contributed by atoms with Crippen LogP contribution in [0.2, 0.25) is 0 Å². The number of hydrogen-bond donors (Lipinski definition) is 0. The maximum absolute atomic E-state index is 5.25. The van der Waals surface area contributed by atoms with Gasteiger partial charge in [0.25, 0.3) is 0 Å². The molecule has 4 fully saturated rings. The van der Waals surface area contributed by atoms with Gasteiger partial charge in [-0.05, 0) is 117 Å². The van der Waals surface area contributed by atoms with E-state index in [4.69, 9.17) is 4.74 Å². The fourth-order valence-electron chi connectivity index (χ4n) is 6.55. The Morgan fingerprint density at radius 1 is 0.432 bits per heavy atom. The lowest BCUT2D eigenvalue weighted by Crippen LogP contribution is -2.52. The van der Waals surface area contributed by atoms with Crippen molar-refractivity contribution in [3.8, 4) is 0 Å². The normalized spacial score (nSPS) is 22.5. The third-order valence-electron chi connectivity index (χ3n) is 10.2. The molecule has 0 spiro atoms. The predicted octanol–water partition coefficient (Wildman–Crippen LogP) is 9.41. The number of likely N-dealkylation sites (N-methyl/N-ethyl adjacent to an activating group) is 1. The molecule has 0 bridgehead atoms. The highest BCUT2D eigenvalue weighted by atomic mass is 16.5. The lowest BCUT2D eigenvalue weighted by molar-refractivity contribution is -0.00389. The number of hydrogen-bond acceptors (Lipinski definition) is 5. The van der Waals surface area contributed by atoms with E-state index in [0.717, 1.165) is 38.1 Å². The van der Waals surface area contributed by atoms with E-state index in [2.05, 4.69) is 117 Å². The third-order valence-corrected chi connectivity index (χ3v) is 10.2. The zero-order valence-electron chi connectivity index (χ0n) is 31.4. The van der Waals surface area contributed by atoms with E-state index in [1.807, 2.05) is 0 Å². The Bertz CT molecular complexity index is 609. The summed E-state index contributed by atoms with van der Waals surface area (Å²) in [5, 5.41) is 0. The summed E-state index contributed by atoms with van der Waals surface area (Å²) in [5.74, 6) is 1.94. The molecule has 4 rings (SSSR count). The van der Waals surface area contributed by atoms with Gasteiger partial charge in [-0.15, -0.1) is 0 Å². The van der Waals surface area contributed by atoms with Gasteiger partial charge in [-0.2, -0.15) is 0 Å². The first-order chi connectivity index (χ1) is 19.2. The van der Waals surface area contributed by atoms with Crippen molar-refractivity contribution in [3.05, 3.63) is 0 Å². The summed E-state index contributed by atoms with van der Waals surface area (Å²) in [7, 11) is 4.42. The first-order valence-electron chi connectivity index (χ1n) is 17.7. The molecule has 0 unspecified atom stereocenters. The van der Waals surface area contributed by atoms with Gasteiger partial charge in [0.1, 0.15) is 0 Å². The van der Waals surface area contributed by atoms with Crippen molar-refractivity contribution in [2.75, 3.05) is 79.7 Å². The number of nitrogens with zero attached hydrogens (tertiary/aromatic N) is 4. The highest BCUT2D eigenvalue weighted by molar-refractivity contribution is 4.81. The minimum atomic E-state index is 0. The standard InChI is InChI=1S/C10H21N.C10H20.C9H20N2.C8H17NO.2CH4/c1-10(2,3)9-5-7-11(4)8-6-9;1-10(2,3)9-7-5-4-6-8-9;1-9(2,3)11-7-5-10(4)6-8-11;1-8(2,3)9-4-6-10-7-5-9;;/h9H,5-8H2,1-4H3;9H,4-8H2,1-3H3;5-8H2,1-4H3;4-7H2,1-3H3;2*1H4. The van der Waals surface area contributed by atoms with Crippen LogP contribution in [0.4, 0.5) is 0 Å². The summed E-state index contributed by atoms with van der Waals surface area (Å²) in [5.41, 5.74) is 1.78. The van der Waals surface area contributed by atoms with Crippen molar-refractivity contribution < 1.29 is 4.74 Å². The largest absolute Gasteiger partial charge is 0.379 e. The summed E-state index contributed by atoms with van der Waals surface area (Å²) >= 11 is 0. The molecule has 5 nitrogen and oxygen atoms in total. The average molecular weight is 627 g/mol. The van der Waals surface area contributed by atoms with Crippen LogP contribution in [0.15, 0.2) is 0 Å². The van der Waals surface area contributed by atoms with Gasteiger partial charge in [0.15, 0.2) is 0 Å². The van der Waals surface area contributed by atoms with Gasteiger partial charge in [-0.3, -0.25) is 9.80 Å². The number of ether oxygens (including phenoxy) is 1. The molecule has 268 valence electrons. The van der Waals surface area contributed by atoms with E-state index in [9.17, 15) is 0 Å². The van der Waals surface area contributed by atoms with Gasteiger partial charge in [0.05, 0.1) is 13.2 Å². The van der Waals surface area contributed by atoms with Gasteiger partial charge in [0.2, 0.25) is 0 Å². The van der Waals surface area contributed by atoms with E-state index in [1.54, 1.807) is 0 Å². The van der Waals surface area contributed by atoms with Crippen molar-refractivity contribution in [1.82, 2.24) is 19.6 Å². The smallest absolute Gasteiger partial charge is 0.0594 e. The Hall–Kier alpha value is -0.200. The fraction of sp³-hybridized carbons (Fsp3) is 1.00. The number of rotatable bonds is 0. The average Bonchev–Trinajstić information content (AvgIpc) is 2.89. The van der Waals surface area contributed by atoms with E-state index < -0.39 is 0 Å². The highest BCUT2D eigenvalue weighted by Gasteiger charge is 2.28. The molecule has 4 aliphatic rings. The molecule has 0 aromatic rings. The molecule has 44 heavy (non-hydrogen) atoms. The molecule has 3 heterocycles. The Morgan fingerprint density at radius 2 is 0.773 bits per heavy atom. The predicted molar refractivity (Wildman–Crippen MR) is 200 cm³/mol. The van der Waals surface area contributed by atoms with Gasteiger partial charge in [-0.25, -0.2) is 0 Å². The van der Waals surface area contributed by atoms with Crippen LogP contribution < -0.4 is 0 Å². The monoisotopic (exact) mass is 627 g/mol. The fourth-order valence-corrected chi connectivity index (χ4v) is 6.55. The first-order valence-corrected chi connectivity index (χ1v) is 17.7. The molecule has 0 amide bonds. The van der Waals surface area contributed by atoms with Crippen LogP contribution in [-0.2, 0) is 4.74 Å². The molecule has 3 saturated heterocycles. The van der Waals surface area contributed by atoms with Crippen molar-refractivity contribution in [1.29, 1.82) is 0 Å². The summed E-state index contributed by atoms with van der Waals surface area (Å²) in [4.78, 5) is 9.83. The summed E-state index contributed by atoms with van der Waals surface area (Å²) < 4.78 is 5.25. The highest BCUT2D eigenvalue weighted by Crippen LogP contribution is 2.37. The minimum absolute atomic E-state index is 0. The van der Waals surface area contributed by atoms with Crippen molar-refractivity contribution >= 4 is 0 Å². The molecule has 0 atom stereocenters. The molecule has 0 aromatic heterocycles. The Morgan fingerprint density at radius 3 is 1.09 bits per heavy atom. The number of piperazine rings is 1. The Kier molecular flexibility index (Phi) is 21.8. The maximum Gasteiger partial charge on any atom is 0.0594 e. The van der Waals surface area contributed by atoms with Crippen LogP contribution in [0.25, 0.3) is 0 Å². The van der Waals surface area contributed by atoms with Crippen molar-refractivity contribution in [3.63, 3.8) is 0 Å². The number of morpholine rings is 1. The van der Waals surface area contributed by atoms with Crippen LogP contribution in [0, 0.1) is 22.7 Å². The molecule has 5 heteroatoms. The second-order valence-electron chi connectivity index (χ2n) is 17.9. The molecule has 3 aliphatic heterocycles. The summed E-state index contributed by atoms with van der Waals surface area (Å²) in [6, 6.07) is 0. The molecule has 0 N–H and O–H groups in total. The van der Waals surface area contributed by atoms with Gasteiger partial charge >= 0.3 is 0 Å². The molecular weight excluding hydrogens is 540 g/mol. The summed E-state index contributed by atoms with van der Waals surface area (Å²) in [6.45, 7) is 39.3. The Balaban J connectivity index is 0. The Labute approximate surface area is 280 Å². The molecular formula is C39H86N4O. The SMILES string of the molecule is C.C.CC(C)(C)C1CCCCC1.CC(C)(C)N1CCOCC1.CN1CCC(C(C)(C)C)CC1.CN1CCN(C(C)(C)C)CC1. The van der Waals surface area contributed by atoms with E-state index in [0.29, 0.717) is 21.9 Å². The summed E-state index contributed by atoms with van der Waals surface area (Å²) in [6.07, 6.45) is 10.2. The van der Waals surface area contributed by atoms with Gasteiger partial charge in [0, 0.05) is 50.3 Å². The van der Waals surface area contributed by atoms with Crippen LogP contribution in [0.5, 0.6) is 0 Å². The molecule has 1 saturated carbocycles. The van der Waals surface area contributed by atoms with E-state index >= 15 is 0 Å². The number of likely N-dealkylation sites (tertiary alicyclic amines) is 1. The molecule has 0 radical (unpaired) electrons. The van der Waals surface area contributed by atoms with Gasteiger partial charge < -0.3 is 14.5 Å². The molecule has 0 aromatic carbocycles. The zero-order chi connectivity index (χ0) is 32.2. The minimum Gasteiger partial charge on any atom is -0.379 e.